The minimum absolute atomic E-state index is 0.108. The van der Waals surface area contributed by atoms with Crippen molar-refractivity contribution in [3.8, 4) is 0 Å². The molecule has 1 aromatic rings. The van der Waals surface area contributed by atoms with E-state index < -0.39 is 12.1 Å². The van der Waals surface area contributed by atoms with E-state index in [9.17, 15) is 18.0 Å². The Kier molecular flexibility index (Phi) is 7.59. The molecule has 1 aromatic carbocycles. The SMILES string of the molecule is O=C(O)C(F)(F)F.O=C1CCC2(CCC(NC3CCOC3)CC2)N1Cc1ccccc1. The molecule has 1 atom stereocenters. The Morgan fingerprint density at radius 1 is 1.13 bits per heavy atom. The van der Waals surface area contributed by atoms with E-state index in [0.717, 1.165) is 51.9 Å². The van der Waals surface area contributed by atoms with E-state index in [1.54, 1.807) is 0 Å². The number of hydrogen-bond acceptors (Lipinski definition) is 4. The molecule has 1 unspecified atom stereocenters. The largest absolute Gasteiger partial charge is 0.490 e. The summed E-state index contributed by atoms with van der Waals surface area (Å²) in [5, 5.41) is 10.9. The maximum Gasteiger partial charge on any atom is 0.490 e. The molecule has 3 fully saturated rings. The molecule has 2 N–H and O–H groups in total. The Labute approximate surface area is 179 Å². The van der Waals surface area contributed by atoms with Gasteiger partial charge in [0, 0.05) is 37.2 Å². The zero-order chi connectivity index (χ0) is 22.5. The summed E-state index contributed by atoms with van der Waals surface area (Å²) < 4.78 is 37.2. The predicted molar refractivity (Wildman–Crippen MR) is 107 cm³/mol. The van der Waals surface area contributed by atoms with Gasteiger partial charge in [0.2, 0.25) is 5.91 Å². The molecule has 31 heavy (non-hydrogen) atoms. The zero-order valence-corrected chi connectivity index (χ0v) is 17.4. The molecule has 0 aromatic heterocycles. The summed E-state index contributed by atoms with van der Waals surface area (Å²) in [5.74, 6) is -2.41. The van der Waals surface area contributed by atoms with Gasteiger partial charge in [0.05, 0.1) is 6.61 Å². The highest BCUT2D eigenvalue weighted by Crippen LogP contribution is 2.43. The fourth-order valence-electron chi connectivity index (χ4n) is 4.74. The molecular weight excluding hydrogens is 413 g/mol. The summed E-state index contributed by atoms with van der Waals surface area (Å²) in [4.78, 5) is 23.6. The van der Waals surface area contributed by atoms with Crippen LogP contribution in [0.2, 0.25) is 0 Å². The number of likely N-dealkylation sites (tertiary alicyclic amines) is 1. The van der Waals surface area contributed by atoms with Gasteiger partial charge in [-0.15, -0.1) is 0 Å². The van der Waals surface area contributed by atoms with Crippen molar-refractivity contribution < 1.29 is 32.6 Å². The second-order valence-electron chi connectivity index (χ2n) is 8.49. The van der Waals surface area contributed by atoms with E-state index in [2.05, 4.69) is 34.5 Å². The lowest BCUT2D eigenvalue weighted by Crippen LogP contribution is -2.51. The number of amides is 1. The first-order valence-corrected chi connectivity index (χ1v) is 10.7. The van der Waals surface area contributed by atoms with Crippen molar-refractivity contribution >= 4 is 11.9 Å². The Bertz CT molecular complexity index is 743. The van der Waals surface area contributed by atoms with E-state index in [1.165, 1.54) is 18.4 Å². The molecule has 172 valence electrons. The Morgan fingerprint density at radius 2 is 1.77 bits per heavy atom. The molecule has 4 rings (SSSR count). The van der Waals surface area contributed by atoms with Crippen molar-refractivity contribution in [1.29, 1.82) is 0 Å². The van der Waals surface area contributed by atoms with Crippen LogP contribution in [0, 0.1) is 0 Å². The fraction of sp³-hybridized carbons (Fsp3) is 0.636. The smallest absolute Gasteiger partial charge is 0.475 e. The number of carbonyl (C=O) groups excluding carboxylic acids is 1. The van der Waals surface area contributed by atoms with Gasteiger partial charge in [-0.1, -0.05) is 30.3 Å². The lowest BCUT2D eigenvalue weighted by Gasteiger charge is -2.44. The van der Waals surface area contributed by atoms with Crippen LogP contribution in [0.4, 0.5) is 13.2 Å². The van der Waals surface area contributed by atoms with Crippen molar-refractivity contribution in [3.05, 3.63) is 35.9 Å². The first-order valence-electron chi connectivity index (χ1n) is 10.7. The van der Waals surface area contributed by atoms with Crippen LogP contribution in [0.5, 0.6) is 0 Å². The number of ether oxygens (including phenoxy) is 1. The number of aliphatic carboxylic acids is 1. The summed E-state index contributed by atoms with van der Waals surface area (Å²) in [5.41, 5.74) is 1.35. The topological polar surface area (TPSA) is 78.9 Å². The van der Waals surface area contributed by atoms with Crippen molar-refractivity contribution in [1.82, 2.24) is 10.2 Å². The lowest BCUT2D eigenvalue weighted by atomic mass is 9.77. The molecular formula is C22H29F3N2O4. The number of alkyl halides is 3. The Morgan fingerprint density at radius 3 is 2.32 bits per heavy atom. The summed E-state index contributed by atoms with van der Waals surface area (Å²) in [6.45, 7) is 2.53. The van der Waals surface area contributed by atoms with Crippen LogP contribution < -0.4 is 5.32 Å². The second kappa shape index (κ2) is 9.99. The van der Waals surface area contributed by atoms with Crippen LogP contribution in [-0.2, 0) is 20.9 Å². The van der Waals surface area contributed by atoms with Crippen LogP contribution >= 0.6 is 0 Å². The summed E-state index contributed by atoms with van der Waals surface area (Å²) in [6.07, 6.45) is 2.44. The van der Waals surface area contributed by atoms with E-state index in [1.807, 2.05) is 6.07 Å². The van der Waals surface area contributed by atoms with Crippen molar-refractivity contribution in [2.75, 3.05) is 13.2 Å². The summed E-state index contributed by atoms with van der Waals surface area (Å²) >= 11 is 0. The van der Waals surface area contributed by atoms with Crippen LogP contribution in [0.15, 0.2) is 30.3 Å². The van der Waals surface area contributed by atoms with Gasteiger partial charge in [-0.2, -0.15) is 13.2 Å². The number of nitrogens with zero attached hydrogens (tertiary/aromatic N) is 1. The first-order chi connectivity index (χ1) is 14.7. The number of carboxylic acid groups (broad SMARTS) is 1. The second-order valence-corrected chi connectivity index (χ2v) is 8.49. The zero-order valence-electron chi connectivity index (χ0n) is 17.4. The van der Waals surface area contributed by atoms with Gasteiger partial charge in [0.25, 0.3) is 0 Å². The Hall–Kier alpha value is -2.13. The van der Waals surface area contributed by atoms with E-state index >= 15 is 0 Å². The van der Waals surface area contributed by atoms with Crippen LogP contribution in [-0.4, -0.2) is 58.9 Å². The number of benzene rings is 1. The van der Waals surface area contributed by atoms with Crippen molar-refractivity contribution in [2.45, 2.75) is 75.3 Å². The average Bonchev–Trinajstić information content (AvgIpc) is 3.35. The van der Waals surface area contributed by atoms with E-state index in [0.29, 0.717) is 18.0 Å². The minimum Gasteiger partial charge on any atom is -0.475 e. The van der Waals surface area contributed by atoms with Crippen LogP contribution in [0.1, 0.15) is 50.5 Å². The highest BCUT2D eigenvalue weighted by atomic mass is 19.4. The average molecular weight is 442 g/mol. The number of nitrogens with one attached hydrogen (secondary N) is 1. The number of carbonyl (C=O) groups is 2. The van der Waals surface area contributed by atoms with Gasteiger partial charge in [0.1, 0.15) is 0 Å². The summed E-state index contributed by atoms with van der Waals surface area (Å²) in [6, 6.07) is 11.6. The Balaban J connectivity index is 0.000000339. The summed E-state index contributed by atoms with van der Waals surface area (Å²) in [7, 11) is 0. The molecule has 1 spiro atoms. The maximum absolute atomic E-state index is 12.5. The van der Waals surface area contributed by atoms with Gasteiger partial charge in [-0.05, 0) is 44.1 Å². The molecule has 1 aliphatic carbocycles. The van der Waals surface area contributed by atoms with Gasteiger partial charge in [-0.3, -0.25) is 4.79 Å². The van der Waals surface area contributed by atoms with Gasteiger partial charge in [0.15, 0.2) is 0 Å². The van der Waals surface area contributed by atoms with Gasteiger partial charge in [-0.25, -0.2) is 4.79 Å². The molecule has 2 saturated heterocycles. The van der Waals surface area contributed by atoms with Crippen LogP contribution in [0.25, 0.3) is 0 Å². The predicted octanol–water partition coefficient (Wildman–Crippen LogP) is 3.50. The molecule has 2 heterocycles. The molecule has 2 aliphatic heterocycles. The molecule has 0 radical (unpaired) electrons. The number of hydrogen-bond donors (Lipinski definition) is 2. The third-order valence-corrected chi connectivity index (χ3v) is 6.42. The fourth-order valence-corrected chi connectivity index (χ4v) is 4.74. The van der Waals surface area contributed by atoms with Crippen molar-refractivity contribution in [3.63, 3.8) is 0 Å². The number of rotatable bonds is 4. The molecule has 6 nitrogen and oxygen atoms in total. The highest BCUT2D eigenvalue weighted by Gasteiger charge is 2.47. The maximum atomic E-state index is 12.5. The van der Waals surface area contributed by atoms with Crippen molar-refractivity contribution in [2.24, 2.45) is 0 Å². The van der Waals surface area contributed by atoms with Crippen LogP contribution in [0.3, 0.4) is 0 Å². The molecule has 1 amide bonds. The third kappa shape index (κ3) is 6.20. The highest BCUT2D eigenvalue weighted by molar-refractivity contribution is 5.79. The monoisotopic (exact) mass is 442 g/mol. The van der Waals surface area contributed by atoms with Gasteiger partial charge >= 0.3 is 12.1 Å². The van der Waals surface area contributed by atoms with E-state index in [-0.39, 0.29) is 5.54 Å². The first kappa shape index (κ1) is 23.5. The number of carboxylic acids is 1. The lowest BCUT2D eigenvalue weighted by molar-refractivity contribution is -0.192. The minimum atomic E-state index is -5.08. The normalized spacial score (nSPS) is 28.5. The molecule has 1 saturated carbocycles. The molecule has 0 bridgehead atoms. The standard InChI is InChI=1S/C20H28N2O2.C2HF3O2/c23-19-8-12-20(22(19)14-16-4-2-1-3-5-16)10-6-17(7-11-20)21-18-9-13-24-15-18;3-2(4,5)1(6)7/h1-5,17-18,21H,6-15H2;(H,6,7). The third-order valence-electron chi connectivity index (χ3n) is 6.42. The quantitative estimate of drug-likeness (QED) is 0.746. The molecule has 9 heteroatoms. The molecule has 3 aliphatic rings. The van der Waals surface area contributed by atoms with E-state index in [4.69, 9.17) is 14.6 Å². The van der Waals surface area contributed by atoms with Gasteiger partial charge < -0.3 is 20.1 Å². The number of halogens is 3.